The van der Waals surface area contributed by atoms with Crippen LogP contribution in [0.3, 0.4) is 0 Å². The van der Waals surface area contributed by atoms with Gasteiger partial charge in [-0.25, -0.2) is 12.7 Å². The van der Waals surface area contributed by atoms with Crippen molar-refractivity contribution in [2.45, 2.75) is 50.1 Å². The Morgan fingerprint density at radius 3 is 2.65 bits per heavy atom. The van der Waals surface area contributed by atoms with Gasteiger partial charge in [0.2, 0.25) is 0 Å². The molecular formula is C17H24ClN3O4S. The number of piperidine rings is 1. The van der Waals surface area contributed by atoms with Crippen LogP contribution < -0.4 is 5.73 Å². The van der Waals surface area contributed by atoms with Crippen LogP contribution >= 0.6 is 12.4 Å². The number of hydrogen-bond acceptors (Lipinski definition) is 5. The molecule has 1 aromatic rings. The van der Waals surface area contributed by atoms with Crippen LogP contribution in [0.15, 0.2) is 23.1 Å². The zero-order chi connectivity index (χ0) is 18.4. The van der Waals surface area contributed by atoms with Gasteiger partial charge in [-0.15, -0.1) is 12.4 Å². The predicted molar refractivity (Wildman–Crippen MR) is 99.9 cm³/mol. The summed E-state index contributed by atoms with van der Waals surface area (Å²) in [6.45, 7) is 4.16. The summed E-state index contributed by atoms with van der Waals surface area (Å²) in [5.41, 5.74) is 6.42. The van der Waals surface area contributed by atoms with Crippen LogP contribution in [0, 0.1) is 0 Å². The normalized spacial score (nSPS) is 22.6. The van der Waals surface area contributed by atoms with E-state index >= 15 is 0 Å². The average molecular weight is 402 g/mol. The number of likely N-dealkylation sites (tertiary alicyclic amines) is 1. The predicted octanol–water partition coefficient (Wildman–Crippen LogP) is 1.61. The Hall–Kier alpha value is -1.64. The maximum atomic E-state index is 12.9. The molecule has 3 rings (SSSR count). The van der Waals surface area contributed by atoms with Crippen LogP contribution in [0.1, 0.15) is 53.8 Å². The summed E-state index contributed by atoms with van der Waals surface area (Å²) >= 11 is 0. The van der Waals surface area contributed by atoms with Gasteiger partial charge in [0, 0.05) is 30.7 Å². The van der Waals surface area contributed by atoms with Crippen molar-refractivity contribution in [2.24, 2.45) is 5.73 Å². The molecule has 1 fully saturated rings. The van der Waals surface area contributed by atoms with Crippen molar-refractivity contribution >= 4 is 34.2 Å². The minimum atomic E-state index is -3.87. The molecule has 1 aromatic carbocycles. The number of fused-ring (bicyclic) bond motifs is 1. The summed E-state index contributed by atoms with van der Waals surface area (Å²) in [5.74, 6) is -0.773. The highest BCUT2D eigenvalue weighted by Crippen LogP contribution is 2.31. The molecule has 2 atom stereocenters. The Morgan fingerprint density at radius 2 is 2.04 bits per heavy atom. The summed E-state index contributed by atoms with van der Waals surface area (Å²) in [6, 6.07) is 4.08. The van der Waals surface area contributed by atoms with E-state index in [-0.39, 0.29) is 53.0 Å². The first-order valence-corrected chi connectivity index (χ1v) is 10.0. The van der Waals surface area contributed by atoms with E-state index in [1.54, 1.807) is 11.8 Å². The third-order valence-corrected chi connectivity index (χ3v) is 6.86. The number of nitrogens with two attached hydrogens (primary N) is 1. The number of rotatable bonds is 3. The minimum absolute atomic E-state index is 0. The Labute approximate surface area is 160 Å². The molecule has 2 amide bonds. The lowest BCUT2D eigenvalue weighted by Crippen LogP contribution is -2.51. The van der Waals surface area contributed by atoms with Gasteiger partial charge in [-0.3, -0.25) is 9.59 Å². The molecule has 0 aliphatic carbocycles. The SMILES string of the molecule is CCN1C(=O)c2ccc(C(=O)N3CCCCC3C(C)N)cc2S1(=O)=O.Cl. The van der Waals surface area contributed by atoms with Gasteiger partial charge >= 0.3 is 0 Å². The zero-order valence-electron chi connectivity index (χ0n) is 14.8. The maximum absolute atomic E-state index is 12.9. The topological polar surface area (TPSA) is 101 Å². The molecule has 0 bridgehead atoms. The second-order valence-electron chi connectivity index (χ2n) is 6.61. The first-order chi connectivity index (χ1) is 11.8. The molecule has 0 saturated carbocycles. The molecule has 2 aliphatic rings. The second kappa shape index (κ2) is 7.54. The van der Waals surface area contributed by atoms with Crippen LogP contribution in [0.5, 0.6) is 0 Å². The number of halogens is 1. The van der Waals surface area contributed by atoms with Gasteiger partial charge in [0.25, 0.3) is 21.8 Å². The van der Waals surface area contributed by atoms with Crippen molar-refractivity contribution in [1.29, 1.82) is 0 Å². The van der Waals surface area contributed by atoms with Crippen LogP contribution in [-0.4, -0.2) is 54.6 Å². The molecule has 2 N–H and O–H groups in total. The van der Waals surface area contributed by atoms with E-state index < -0.39 is 15.9 Å². The van der Waals surface area contributed by atoms with Crippen LogP contribution in [0.25, 0.3) is 0 Å². The van der Waals surface area contributed by atoms with Crippen molar-refractivity contribution in [1.82, 2.24) is 9.21 Å². The zero-order valence-corrected chi connectivity index (χ0v) is 16.5. The molecule has 7 nitrogen and oxygen atoms in total. The number of sulfonamides is 1. The number of benzene rings is 1. The quantitative estimate of drug-likeness (QED) is 0.829. The molecule has 9 heteroatoms. The summed E-state index contributed by atoms with van der Waals surface area (Å²) in [5, 5.41) is 0. The van der Waals surface area contributed by atoms with E-state index in [9.17, 15) is 18.0 Å². The molecule has 2 aliphatic heterocycles. The second-order valence-corrected chi connectivity index (χ2v) is 8.44. The van der Waals surface area contributed by atoms with E-state index in [1.807, 2.05) is 6.92 Å². The highest BCUT2D eigenvalue weighted by Gasteiger charge is 2.41. The average Bonchev–Trinajstić information content (AvgIpc) is 2.79. The van der Waals surface area contributed by atoms with Gasteiger partial charge < -0.3 is 10.6 Å². The molecule has 0 spiro atoms. The molecule has 0 radical (unpaired) electrons. The standard InChI is InChI=1S/C17H23N3O4S.ClH/c1-3-20-17(22)13-8-7-12(10-15(13)25(20,23)24)16(21)19-9-5-4-6-14(19)11(2)18;/h7-8,10-11,14H,3-6,9,18H2,1-2H3;1H. The fraction of sp³-hybridized carbons (Fsp3) is 0.529. The van der Waals surface area contributed by atoms with E-state index in [1.165, 1.54) is 18.2 Å². The van der Waals surface area contributed by atoms with Gasteiger partial charge in [0.05, 0.1) is 5.56 Å². The van der Waals surface area contributed by atoms with Gasteiger partial charge in [0.1, 0.15) is 4.90 Å². The van der Waals surface area contributed by atoms with Gasteiger partial charge in [0.15, 0.2) is 0 Å². The highest BCUT2D eigenvalue weighted by atomic mass is 35.5. The molecule has 1 saturated heterocycles. The summed E-state index contributed by atoms with van der Waals surface area (Å²) < 4.78 is 25.9. The lowest BCUT2D eigenvalue weighted by Gasteiger charge is -2.38. The number of carbonyl (C=O) groups is 2. The molecule has 0 aromatic heterocycles. The highest BCUT2D eigenvalue weighted by molar-refractivity contribution is 7.90. The van der Waals surface area contributed by atoms with Crippen molar-refractivity contribution in [3.8, 4) is 0 Å². The molecule has 2 heterocycles. The van der Waals surface area contributed by atoms with Crippen molar-refractivity contribution < 1.29 is 18.0 Å². The first kappa shape index (κ1) is 20.7. The Bertz CT molecular complexity index is 825. The fourth-order valence-corrected chi connectivity index (χ4v) is 5.25. The van der Waals surface area contributed by atoms with Gasteiger partial charge in [-0.05, 0) is 51.3 Å². The minimum Gasteiger partial charge on any atom is -0.334 e. The number of nitrogens with zero attached hydrogens (tertiary/aromatic N) is 2. The van der Waals surface area contributed by atoms with Crippen molar-refractivity contribution in [3.63, 3.8) is 0 Å². The lowest BCUT2D eigenvalue weighted by molar-refractivity contribution is 0.0583. The van der Waals surface area contributed by atoms with E-state index in [0.717, 1.165) is 23.6 Å². The van der Waals surface area contributed by atoms with Crippen LogP contribution in [0.2, 0.25) is 0 Å². The van der Waals surface area contributed by atoms with E-state index in [4.69, 9.17) is 5.73 Å². The third kappa shape index (κ3) is 3.21. The van der Waals surface area contributed by atoms with Gasteiger partial charge in [-0.2, -0.15) is 0 Å². The van der Waals surface area contributed by atoms with Crippen LogP contribution in [0.4, 0.5) is 0 Å². The van der Waals surface area contributed by atoms with E-state index in [0.29, 0.717) is 6.54 Å². The summed E-state index contributed by atoms with van der Waals surface area (Å²) in [4.78, 5) is 26.8. The van der Waals surface area contributed by atoms with Crippen LogP contribution in [-0.2, 0) is 10.0 Å². The Kier molecular flexibility index (Phi) is 5.99. The van der Waals surface area contributed by atoms with E-state index in [2.05, 4.69) is 0 Å². The summed E-state index contributed by atoms with van der Waals surface area (Å²) in [6.07, 6.45) is 2.77. The number of hydrogen-bond donors (Lipinski definition) is 1. The molecule has 26 heavy (non-hydrogen) atoms. The largest absolute Gasteiger partial charge is 0.334 e. The Balaban J connectivity index is 0.00000243. The van der Waals surface area contributed by atoms with Crippen molar-refractivity contribution in [3.05, 3.63) is 29.3 Å². The van der Waals surface area contributed by atoms with Gasteiger partial charge in [-0.1, -0.05) is 0 Å². The molecular weight excluding hydrogens is 378 g/mol. The first-order valence-electron chi connectivity index (χ1n) is 8.56. The number of carbonyl (C=O) groups excluding carboxylic acids is 2. The maximum Gasteiger partial charge on any atom is 0.268 e. The monoisotopic (exact) mass is 401 g/mol. The lowest BCUT2D eigenvalue weighted by atomic mass is 9.96. The summed E-state index contributed by atoms with van der Waals surface area (Å²) in [7, 11) is -3.87. The fourth-order valence-electron chi connectivity index (χ4n) is 3.64. The third-order valence-electron chi connectivity index (χ3n) is 4.96. The van der Waals surface area contributed by atoms with Crippen molar-refractivity contribution in [2.75, 3.05) is 13.1 Å². The number of amides is 2. The Morgan fingerprint density at radius 1 is 1.35 bits per heavy atom. The smallest absolute Gasteiger partial charge is 0.268 e. The molecule has 2 unspecified atom stereocenters. The molecule has 144 valence electrons.